The Morgan fingerprint density at radius 2 is 2.20 bits per heavy atom. The quantitative estimate of drug-likeness (QED) is 0.513. The molecule has 1 aromatic rings. The van der Waals surface area contributed by atoms with Gasteiger partial charge in [0.1, 0.15) is 5.69 Å². The van der Waals surface area contributed by atoms with Crippen LogP contribution in [0.4, 0.5) is 0 Å². The van der Waals surface area contributed by atoms with Gasteiger partial charge >= 0.3 is 5.69 Å². The lowest BCUT2D eigenvalue weighted by atomic mass is 9.68. The van der Waals surface area contributed by atoms with Crippen molar-refractivity contribution in [2.45, 2.75) is 31.0 Å². The summed E-state index contributed by atoms with van der Waals surface area (Å²) in [5.74, 6) is -0.256. The van der Waals surface area contributed by atoms with E-state index in [1.165, 1.54) is 0 Å². The number of hydrogen-bond acceptors (Lipinski definition) is 5. The summed E-state index contributed by atoms with van der Waals surface area (Å²) in [5, 5.41) is 2.72. The van der Waals surface area contributed by atoms with Crippen molar-refractivity contribution in [3.8, 4) is 0 Å². The molecule has 4 atom stereocenters. The minimum Gasteiger partial charge on any atom is -0.376 e. The normalized spacial score (nSPS) is 32.0. The van der Waals surface area contributed by atoms with Crippen molar-refractivity contribution < 1.29 is 9.53 Å². The van der Waals surface area contributed by atoms with Crippen molar-refractivity contribution in [1.82, 2.24) is 15.3 Å². The van der Waals surface area contributed by atoms with E-state index < -0.39 is 17.2 Å². The Kier molecular flexibility index (Phi) is 3.19. The van der Waals surface area contributed by atoms with Crippen LogP contribution >= 0.6 is 0 Å². The molecule has 5 N–H and O–H groups in total. The molecule has 1 aliphatic carbocycles. The summed E-state index contributed by atoms with van der Waals surface area (Å²) in [4.78, 5) is 38.6. The smallest absolute Gasteiger partial charge is 0.326 e. The van der Waals surface area contributed by atoms with Gasteiger partial charge in [0, 0.05) is 24.6 Å². The number of amides is 1. The summed E-state index contributed by atoms with van der Waals surface area (Å²) >= 11 is 0. The lowest BCUT2D eigenvalue weighted by molar-refractivity contribution is -0.117. The van der Waals surface area contributed by atoms with Gasteiger partial charge in [0.15, 0.2) is 0 Å². The van der Waals surface area contributed by atoms with Gasteiger partial charge in [0.05, 0.1) is 12.1 Å². The molecule has 2 heterocycles. The van der Waals surface area contributed by atoms with Crippen molar-refractivity contribution in [3.05, 3.63) is 32.6 Å². The fraction of sp³-hybridized carbons (Fsp3) is 0.583. The molecular formula is C12H16N4O4. The van der Waals surface area contributed by atoms with Crippen LogP contribution in [0.15, 0.2) is 15.7 Å². The summed E-state index contributed by atoms with van der Waals surface area (Å²) < 4.78 is 5.61. The van der Waals surface area contributed by atoms with E-state index in [1.807, 2.05) is 4.98 Å². The summed E-state index contributed by atoms with van der Waals surface area (Å²) in [6, 6.07) is 0.605. The molecular weight excluding hydrogens is 264 g/mol. The average Bonchev–Trinajstić information content (AvgIpc) is 2.43. The molecule has 1 aromatic heterocycles. The number of aromatic nitrogens is 2. The van der Waals surface area contributed by atoms with Crippen LogP contribution in [-0.4, -0.2) is 40.7 Å². The molecule has 1 saturated carbocycles. The molecule has 8 nitrogen and oxygen atoms in total. The molecule has 0 radical (unpaired) electrons. The van der Waals surface area contributed by atoms with E-state index in [2.05, 4.69) is 10.3 Å². The average molecular weight is 280 g/mol. The van der Waals surface area contributed by atoms with E-state index >= 15 is 0 Å². The highest BCUT2D eigenvalue weighted by atomic mass is 16.5. The molecule has 0 spiro atoms. The van der Waals surface area contributed by atoms with Crippen LogP contribution in [0.2, 0.25) is 0 Å². The second-order valence-corrected chi connectivity index (χ2v) is 5.22. The van der Waals surface area contributed by atoms with Gasteiger partial charge in [-0.1, -0.05) is 0 Å². The second-order valence-electron chi connectivity index (χ2n) is 5.22. The van der Waals surface area contributed by atoms with Crippen LogP contribution in [0, 0.1) is 5.92 Å². The lowest BCUT2D eigenvalue weighted by Crippen LogP contribution is -2.72. The Bertz CT molecular complexity index is 609. The van der Waals surface area contributed by atoms with Gasteiger partial charge in [-0.3, -0.25) is 14.6 Å². The number of nitrogens with one attached hydrogen (secondary N) is 3. The molecule has 0 bridgehead atoms. The zero-order valence-corrected chi connectivity index (χ0v) is 10.7. The third-order valence-corrected chi connectivity index (χ3v) is 3.98. The standard InChI is InChI=1S/C12H16N4O4/c13-8-5-2-1-3-20-10(5)9(8)16-11(18)6-4-7(17)15-12(19)14-6/h4-5,8-10H,1-3,13H2,(H,16,18)(H2,14,15,17,19). The minimum absolute atomic E-state index is 0.0728. The van der Waals surface area contributed by atoms with Crippen LogP contribution < -0.4 is 22.3 Å². The molecule has 108 valence electrons. The Hall–Kier alpha value is -1.93. The first-order chi connectivity index (χ1) is 9.56. The molecule has 8 heteroatoms. The number of nitrogens with two attached hydrogens (primary N) is 1. The number of carbonyl (C=O) groups excluding carboxylic acids is 1. The van der Waals surface area contributed by atoms with Gasteiger partial charge in [-0.05, 0) is 12.8 Å². The molecule has 20 heavy (non-hydrogen) atoms. The molecule has 1 saturated heterocycles. The lowest BCUT2D eigenvalue weighted by Gasteiger charge is -2.52. The summed E-state index contributed by atoms with van der Waals surface area (Å²) in [7, 11) is 0. The number of hydrogen-bond donors (Lipinski definition) is 4. The van der Waals surface area contributed by atoms with Crippen molar-refractivity contribution in [1.29, 1.82) is 0 Å². The number of carbonyl (C=O) groups is 1. The number of aromatic amines is 2. The van der Waals surface area contributed by atoms with E-state index in [9.17, 15) is 14.4 Å². The third-order valence-electron chi connectivity index (χ3n) is 3.98. The van der Waals surface area contributed by atoms with E-state index in [-0.39, 0.29) is 29.8 Å². The fourth-order valence-corrected chi connectivity index (χ4v) is 2.95. The van der Waals surface area contributed by atoms with Crippen LogP contribution in [-0.2, 0) is 4.74 Å². The zero-order chi connectivity index (χ0) is 14.3. The maximum absolute atomic E-state index is 12.0. The summed E-state index contributed by atoms with van der Waals surface area (Å²) in [5.41, 5.74) is 4.61. The highest BCUT2D eigenvalue weighted by Crippen LogP contribution is 2.36. The number of H-pyrrole nitrogens is 2. The molecule has 2 fully saturated rings. The first-order valence-corrected chi connectivity index (χ1v) is 6.58. The Balaban J connectivity index is 1.73. The molecule has 2 aliphatic rings. The van der Waals surface area contributed by atoms with Crippen LogP contribution in [0.25, 0.3) is 0 Å². The SMILES string of the molecule is NC1C2CCCOC2C1NC(=O)c1cc(=O)[nH]c(=O)[nH]1. The molecule has 4 unspecified atom stereocenters. The van der Waals surface area contributed by atoms with E-state index in [1.54, 1.807) is 0 Å². The molecule has 0 aromatic carbocycles. The van der Waals surface area contributed by atoms with Gasteiger partial charge in [0.2, 0.25) is 0 Å². The Morgan fingerprint density at radius 3 is 2.95 bits per heavy atom. The highest BCUT2D eigenvalue weighted by molar-refractivity contribution is 5.92. The molecule has 1 aliphatic heterocycles. The van der Waals surface area contributed by atoms with Gasteiger partial charge in [-0.25, -0.2) is 4.79 Å². The van der Waals surface area contributed by atoms with Crippen molar-refractivity contribution >= 4 is 5.91 Å². The number of rotatable bonds is 2. The second kappa shape index (κ2) is 4.88. The maximum Gasteiger partial charge on any atom is 0.326 e. The zero-order valence-electron chi connectivity index (χ0n) is 10.7. The van der Waals surface area contributed by atoms with E-state index in [4.69, 9.17) is 10.5 Å². The van der Waals surface area contributed by atoms with Crippen LogP contribution in [0.5, 0.6) is 0 Å². The van der Waals surface area contributed by atoms with Gasteiger partial charge in [-0.15, -0.1) is 0 Å². The van der Waals surface area contributed by atoms with E-state index in [0.29, 0.717) is 6.61 Å². The van der Waals surface area contributed by atoms with E-state index in [0.717, 1.165) is 18.9 Å². The monoisotopic (exact) mass is 280 g/mol. The Morgan fingerprint density at radius 1 is 1.40 bits per heavy atom. The molecule has 3 rings (SSSR count). The van der Waals surface area contributed by atoms with Crippen molar-refractivity contribution in [3.63, 3.8) is 0 Å². The third kappa shape index (κ3) is 2.16. The predicted molar refractivity (Wildman–Crippen MR) is 69.4 cm³/mol. The Labute approximate surface area is 113 Å². The maximum atomic E-state index is 12.0. The first-order valence-electron chi connectivity index (χ1n) is 6.58. The van der Waals surface area contributed by atoms with Crippen LogP contribution in [0.1, 0.15) is 23.3 Å². The summed E-state index contributed by atoms with van der Waals surface area (Å²) in [6.45, 7) is 0.669. The predicted octanol–water partition coefficient (Wildman–Crippen LogP) is -1.70. The van der Waals surface area contributed by atoms with Crippen molar-refractivity contribution in [2.75, 3.05) is 6.61 Å². The fourth-order valence-electron chi connectivity index (χ4n) is 2.95. The van der Waals surface area contributed by atoms with Crippen LogP contribution in [0.3, 0.4) is 0 Å². The molecule has 1 amide bonds. The van der Waals surface area contributed by atoms with Gasteiger partial charge in [0.25, 0.3) is 11.5 Å². The first kappa shape index (κ1) is 13.1. The van der Waals surface area contributed by atoms with Crippen molar-refractivity contribution in [2.24, 2.45) is 11.7 Å². The topological polar surface area (TPSA) is 130 Å². The highest BCUT2D eigenvalue weighted by Gasteiger charge is 2.51. The van der Waals surface area contributed by atoms with Gasteiger partial charge in [-0.2, -0.15) is 0 Å². The number of fused-ring (bicyclic) bond motifs is 1. The van der Waals surface area contributed by atoms with Gasteiger partial charge < -0.3 is 20.8 Å². The largest absolute Gasteiger partial charge is 0.376 e. The minimum atomic E-state index is -0.715. The summed E-state index contributed by atoms with van der Waals surface area (Å²) in [6.07, 6.45) is 1.91. The number of ether oxygens (including phenoxy) is 1.